The van der Waals surface area contributed by atoms with Gasteiger partial charge < -0.3 is 14.7 Å². The van der Waals surface area contributed by atoms with Crippen molar-refractivity contribution in [2.45, 2.75) is 13.8 Å². The number of ether oxygens (including phenoxy) is 1. The molecule has 18 heavy (non-hydrogen) atoms. The Labute approximate surface area is 104 Å². The SMILES string of the molecule is CCOc1cc(C(=O)O)cc2c1ccn2OCC. The van der Waals surface area contributed by atoms with Gasteiger partial charge >= 0.3 is 5.97 Å². The lowest BCUT2D eigenvalue weighted by atomic mass is 10.1. The minimum absolute atomic E-state index is 0.186. The van der Waals surface area contributed by atoms with Crippen molar-refractivity contribution in [1.82, 2.24) is 4.73 Å². The van der Waals surface area contributed by atoms with E-state index in [1.807, 2.05) is 19.9 Å². The van der Waals surface area contributed by atoms with Crippen LogP contribution in [-0.4, -0.2) is 29.0 Å². The molecule has 2 rings (SSSR count). The van der Waals surface area contributed by atoms with E-state index >= 15 is 0 Å². The van der Waals surface area contributed by atoms with Gasteiger partial charge in [-0.3, -0.25) is 0 Å². The van der Waals surface area contributed by atoms with E-state index in [9.17, 15) is 4.79 Å². The van der Waals surface area contributed by atoms with Crippen molar-refractivity contribution in [2.75, 3.05) is 13.2 Å². The molecule has 5 nitrogen and oxygen atoms in total. The first-order valence-electron chi connectivity index (χ1n) is 5.81. The smallest absolute Gasteiger partial charge is 0.335 e. The van der Waals surface area contributed by atoms with Gasteiger partial charge in [0.05, 0.1) is 17.7 Å². The Morgan fingerprint density at radius 2 is 2.11 bits per heavy atom. The molecule has 2 aromatic rings. The van der Waals surface area contributed by atoms with E-state index in [0.717, 1.165) is 5.39 Å². The number of rotatable bonds is 5. The average Bonchev–Trinajstić information content (AvgIpc) is 2.74. The summed E-state index contributed by atoms with van der Waals surface area (Å²) >= 11 is 0. The highest BCUT2D eigenvalue weighted by atomic mass is 16.7. The highest BCUT2D eigenvalue weighted by molar-refractivity contribution is 5.96. The number of carboxylic acids is 1. The first kappa shape index (κ1) is 12.3. The topological polar surface area (TPSA) is 60.7 Å². The van der Waals surface area contributed by atoms with Gasteiger partial charge in [-0.1, -0.05) is 0 Å². The standard InChI is InChI=1S/C13H15NO4/c1-3-17-12-8-9(13(15)16)7-11-10(12)5-6-14(11)18-4-2/h5-8H,3-4H2,1-2H3,(H,15,16). The van der Waals surface area contributed by atoms with E-state index in [4.69, 9.17) is 14.7 Å². The zero-order chi connectivity index (χ0) is 13.1. The van der Waals surface area contributed by atoms with E-state index in [1.165, 1.54) is 6.07 Å². The summed E-state index contributed by atoms with van der Waals surface area (Å²) in [5.41, 5.74) is 0.880. The maximum atomic E-state index is 11.1. The van der Waals surface area contributed by atoms with Crippen molar-refractivity contribution in [3.8, 4) is 5.75 Å². The first-order valence-corrected chi connectivity index (χ1v) is 5.81. The number of carboxylic acid groups (broad SMARTS) is 1. The van der Waals surface area contributed by atoms with Crippen LogP contribution in [0, 0.1) is 0 Å². The lowest BCUT2D eigenvalue weighted by Crippen LogP contribution is -2.09. The summed E-state index contributed by atoms with van der Waals surface area (Å²) in [5.74, 6) is -0.423. The number of hydrogen-bond donors (Lipinski definition) is 1. The molecule has 1 aromatic carbocycles. The van der Waals surface area contributed by atoms with Crippen LogP contribution < -0.4 is 9.57 Å². The van der Waals surface area contributed by atoms with Crippen LogP contribution in [-0.2, 0) is 0 Å². The molecule has 0 aliphatic rings. The number of aromatic carboxylic acids is 1. The van der Waals surface area contributed by atoms with Crippen LogP contribution in [0.4, 0.5) is 0 Å². The molecule has 0 fully saturated rings. The van der Waals surface area contributed by atoms with E-state index in [1.54, 1.807) is 17.0 Å². The Balaban J connectivity index is 2.63. The van der Waals surface area contributed by atoms with E-state index in [-0.39, 0.29) is 5.56 Å². The molecule has 0 bridgehead atoms. The minimum atomic E-state index is -0.984. The molecule has 0 aliphatic heterocycles. The molecule has 0 saturated heterocycles. The first-order chi connectivity index (χ1) is 8.67. The third-order valence-corrected chi connectivity index (χ3v) is 2.55. The molecule has 0 spiro atoms. The fourth-order valence-electron chi connectivity index (χ4n) is 1.83. The van der Waals surface area contributed by atoms with Crippen molar-refractivity contribution >= 4 is 16.9 Å². The third-order valence-electron chi connectivity index (χ3n) is 2.55. The monoisotopic (exact) mass is 249 g/mol. The normalized spacial score (nSPS) is 10.6. The molecule has 1 heterocycles. The average molecular weight is 249 g/mol. The van der Waals surface area contributed by atoms with Crippen molar-refractivity contribution in [3.05, 3.63) is 30.0 Å². The summed E-state index contributed by atoms with van der Waals surface area (Å²) in [6.45, 7) is 4.72. The van der Waals surface area contributed by atoms with Gasteiger partial charge in [0.25, 0.3) is 0 Å². The van der Waals surface area contributed by atoms with Gasteiger partial charge in [-0.25, -0.2) is 4.79 Å². The Morgan fingerprint density at radius 1 is 1.33 bits per heavy atom. The molecule has 5 heteroatoms. The molecule has 0 atom stereocenters. The van der Waals surface area contributed by atoms with Gasteiger partial charge in [-0.05, 0) is 32.0 Å². The summed E-state index contributed by atoms with van der Waals surface area (Å²) in [6.07, 6.45) is 1.75. The molecule has 1 N–H and O–H groups in total. The summed E-state index contributed by atoms with van der Waals surface area (Å²) < 4.78 is 7.03. The lowest BCUT2D eigenvalue weighted by Gasteiger charge is -2.09. The number of benzene rings is 1. The van der Waals surface area contributed by atoms with Crippen LogP contribution in [0.25, 0.3) is 10.9 Å². The van der Waals surface area contributed by atoms with Crippen molar-refractivity contribution in [2.24, 2.45) is 0 Å². The maximum Gasteiger partial charge on any atom is 0.335 e. The highest BCUT2D eigenvalue weighted by Crippen LogP contribution is 2.28. The lowest BCUT2D eigenvalue weighted by molar-refractivity contribution is 0.0696. The molecule has 1 aromatic heterocycles. The molecule has 0 radical (unpaired) electrons. The van der Waals surface area contributed by atoms with Gasteiger partial charge in [0.2, 0.25) is 0 Å². The van der Waals surface area contributed by atoms with Crippen molar-refractivity contribution in [1.29, 1.82) is 0 Å². The minimum Gasteiger partial charge on any atom is -0.493 e. The van der Waals surface area contributed by atoms with Crippen LogP contribution in [0.2, 0.25) is 0 Å². The number of carbonyl (C=O) groups is 1. The van der Waals surface area contributed by atoms with E-state index < -0.39 is 5.97 Å². The quantitative estimate of drug-likeness (QED) is 0.882. The number of nitrogens with zero attached hydrogens (tertiary/aromatic N) is 1. The summed E-state index contributed by atoms with van der Waals surface area (Å²) in [5, 5.41) is 9.93. The molecule has 0 aliphatic carbocycles. The highest BCUT2D eigenvalue weighted by Gasteiger charge is 2.13. The Bertz CT molecular complexity index is 574. The Morgan fingerprint density at radius 3 is 2.72 bits per heavy atom. The second-order valence-electron chi connectivity index (χ2n) is 3.70. The predicted octanol–water partition coefficient (Wildman–Crippen LogP) is 2.19. The maximum absolute atomic E-state index is 11.1. The molecule has 0 amide bonds. The second-order valence-corrected chi connectivity index (χ2v) is 3.70. The van der Waals surface area contributed by atoms with Gasteiger partial charge in [-0.15, -0.1) is 0 Å². The van der Waals surface area contributed by atoms with Gasteiger partial charge in [0.15, 0.2) is 0 Å². The molecule has 96 valence electrons. The van der Waals surface area contributed by atoms with Crippen molar-refractivity contribution in [3.63, 3.8) is 0 Å². The van der Waals surface area contributed by atoms with Crippen LogP contribution in [0.1, 0.15) is 24.2 Å². The fraction of sp³-hybridized carbons (Fsp3) is 0.308. The Hall–Kier alpha value is -2.17. The number of fused-ring (bicyclic) bond motifs is 1. The van der Waals surface area contributed by atoms with Crippen molar-refractivity contribution < 1.29 is 19.5 Å². The zero-order valence-corrected chi connectivity index (χ0v) is 10.3. The second kappa shape index (κ2) is 5.00. The Kier molecular flexibility index (Phi) is 3.41. The van der Waals surface area contributed by atoms with E-state index in [2.05, 4.69) is 0 Å². The predicted molar refractivity (Wildman–Crippen MR) is 67.2 cm³/mol. The fourth-order valence-corrected chi connectivity index (χ4v) is 1.83. The van der Waals surface area contributed by atoms with Gasteiger partial charge in [0.1, 0.15) is 12.4 Å². The number of hydrogen-bond acceptors (Lipinski definition) is 3. The summed E-state index contributed by atoms with van der Waals surface area (Å²) in [6, 6.07) is 4.96. The largest absolute Gasteiger partial charge is 0.493 e. The molecular weight excluding hydrogens is 234 g/mol. The zero-order valence-electron chi connectivity index (χ0n) is 10.3. The third kappa shape index (κ3) is 2.11. The van der Waals surface area contributed by atoms with Crippen LogP contribution >= 0.6 is 0 Å². The van der Waals surface area contributed by atoms with E-state index in [0.29, 0.717) is 24.5 Å². The number of aromatic nitrogens is 1. The molecular formula is C13H15NO4. The van der Waals surface area contributed by atoms with Crippen LogP contribution in [0.15, 0.2) is 24.4 Å². The molecule has 0 saturated carbocycles. The van der Waals surface area contributed by atoms with Crippen LogP contribution in [0.3, 0.4) is 0 Å². The molecule has 0 unspecified atom stereocenters. The summed E-state index contributed by atoms with van der Waals surface area (Å²) in [4.78, 5) is 16.5. The summed E-state index contributed by atoms with van der Waals surface area (Å²) in [7, 11) is 0. The van der Waals surface area contributed by atoms with Crippen LogP contribution in [0.5, 0.6) is 5.75 Å². The van der Waals surface area contributed by atoms with Gasteiger partial charge in [-0.2, -0.15) is 4.73 Å². The van der Waals surface area contributed by atoms with Gasteiger partial charge in [0, 0.05) is 11.6 Å².